The predicted octanol–water partition coefficient (Wildman–Crippen LogP) is 2.72. The molecule has 0 aliphatic rings. The van der Waals surface area contributed by atoms with Crippen LogP contribution in [0.3, 0.4) is 0 Å². The molecule has 0 N–H and O–H groups in total. The average Bonchev–Trinajstić information content (AvgIpc) is 2.41. The van der Waals surface area contributed by atoms with E-state index in [0.29, 0.717) is 5.88 Å². The molecule has 1 rings (SSSR count). The topological polar surface area (TPSA) is 27.7 Å². The molecule has 0 saturated carbocycles. The molecule has 1 unspecified atom stereocenters. The van der Waals surface area contributed by atoms with Crippen LogP contribution in [0.1, 0.15) is 5.56 Å². The Kier molecular flexibility index (Phi) is 6.15. The van der Waals surface area contributed by atoms with E-state index < -0.39 is 8.80 Å². The van der Waals surface area contributed by atoms with E-state index in [1.54, 1.807) is 21.3 Å². The van der Waals surface area contributed by atoms with E-state index in [9.17, 15) is 0 Å². The first-order valence-electron chi connectivity index (χ1n) is 5.47. The van der Waals surface area contributed by atoms with Gasteiger partial charge in [-0.2, -0.15) is 0 Å². The van der Waals surface area contributed by atoms with Crippen LogP contribution in [-0.2, 0) is 19.7 Å². The first-order valence-corrected chi connectivity index (χ1v) is 7.81. The normalized spacial score (nSPS) is 13.6. The van der Waals surface area contributed by atoms with Gasteiger partial charge in [-0.25, -0.2) is 0 Å². The van der Waals surface area contributed by atoms with Crippen LogP contribution in [0, 0.1) is 0 Å². The minimum Gasteiger partial charge on any atom is -0.377 e. The molecular weight excluding hydrogens is 256 g/mol. The van der Waals surface area contributed by atoms with Crippen molar-refractivity contribution in [2.45, 2.75) is 12.0 Å². The van der Waals surface area contributed by atoms with Crippen molar-refractivity contribution in [3.8, 4) is 0 Å². The Hall–Kier alpha value is -0.393. The average molecular weight is 275 g/mol. The number of halogens is 1. The lowest BCUT2D eigenvalue weighted by molar-refractivity contribution is 0.113. The third-order valence-corrected chi connectivity index (χ3v) is 6.61. The number of benzene rings is 1. The zero-order valence-electron chi connectivity index (χ0n) is 10.5. The molecule has 1 aromatic rings. The molecular formula is C12H19ClO3Si. The van der Waals surface area contributed by atoms with Gasteiger partial charge in [0.05, 0.1) is 0 Å². The molecule has 5 heteroatoms. The number of hydrogen-bond donors (Lipinski definition) is 0. The highest BCUT2D eigenvalue weighted by atomic mass is 35.5. The SMILES string of the molecule is CO[Si](OC)(OC)C(CCl)Cc1ccccc1. The fraction of sp³-hybridized carbons (Fsp3) is 0.500. The van der Waals surface area contributed by atoms with Gasteiger partial charge in [-0.15, -0.1) is 11.6 Å². The maximum Gasteiger partial charge on any atom is 0.504 e. The van der Waals surface area contributed by atoms with Crippen molar-refractivity contribution < 1.29 is 13.3 Å². The Morgan fingerprint density at radius 3 is 2.00 bits per heavy atom. The third kappa shape index (κ3) is 3.53. The Morgan fingerprint density at radius 1 is 1.06 bits per heavy atom. The monoisotopic (exact) mass is 274 g/mol. The second-order valence-corrected chi connectivity index (χ2v) is 7.31. The van der Waals surface area contributed by atoms with Gasteiger partial charge >= 0.3 is 8.80 Å². The van der Waals surface area contributed by atoms with Gasteiger partial charge in [0.25, 0.3) is 0 Å². The molecule has 17 heavy (non-hydrogen) atoms. The maximum atomic E-state index is 6.03. The summed E-state index contributed by atoms with van der Waals surface area (Å²) in [6.07, 6.45) is 0.798. The Bertz CT molecular complexity index is 309. The van der Waals surface area contributed by atoms with Crippen molar-refractivity contribution in [1.29, 1.82) is 0 Å². The summed E-state index contributed by atoms with van der Waals surface area (Å²) in [4.78, 5) is 0. The minimum absolute atomic E-state index is 0.0616. The van der Waals surface area contributed by atoms with Crippen LogP contribution in [0.2, 0.25) is 5.54 Å². The standard InChI is InChI=1S/C12H19ClO3Si/c1-14-17(15-2,16-3)12(10-13)9-11-7-5-4-6-8-11/h4-8,12H,9-10H2,1-3H3. The van der Waals surface area contributed by atoms with Gasteiger partial charge < -0.3 is 13.3 Å². The lowest BCUT2D eigenvalue weighted by Crippen LogP contribution is -2.49. The van der Waals surface area contributed by atoms with Gasteiger partial charge in [-0.05, 0) is 12.0 Å². The molecule has 3 nitrogen and oxygen atoms in total. The van der Waals surface area contributed by atoms with Crippen molar-refractivity contribution in [3.05, 3.63) is 35.9 Å². The second kappa shape index (κ2) is 7.13. The molecule has 96 valence electrons. The Morgan fingerprint density at radius 2 is 1.59 bits per heavy atom. The number of alkyl halides is 1. The van der Waals surface area contributed by atoms with Crippen LogP contribution < -0.4 is 0 Å². The second-order valence-electron chi connectivity index (χ2n) is 3.76. The van der Waals surface area contributed by atoms with Gasteiger partial charge in [0, 0.05) is 32.8 Å². The van der Waals surface area contributed by atoms with E-state index in [0.717, 1.165) is 6.42 Å². The van der Waals surface area contributed by atoms with E-state index in [1.807, 2.05) is 18.2 Å². The zero-order chi connectivity index (χ0) is 12.7. The highest BCUT2D eigenvalue weighted by Crippen LogP contribution is 2.29. The molecule has 0 aliphatic heterocycles. The van der Waals surface area contributed by atoms with E-state index in [-0.39, 0.29) is 5.54 Å². The first kappa shape index (κ1) is 14.7. The molecule has 1 aromatic carbocycles. The van der Waals surface area contributed by atoms with Crippen molar-refractivity contribution in [2.75, 3.05) is 27.2 Å². The van der Waals surface area contributed by atoms with Crippen LogP contribution in [0.25, 0.3) is 0 Å². The Labute approximate surface area is 109 Å². The van der Waals surface area contributed by atoms with Crippen molar-refractivity contribution in [2.24, 2.45) is 0 Å². The van der Waals surface area contributed by atoms with Crippen LogP contribution in [0.5, 0.6) is 0 Å². The number of hydrogen-bond acceptors (Lipinski definition) is 3. The van der Waals surface area contributed by atoms with E-state index in [1.165, 1.54) is 5.56 Å². The fourth-order valence-corrected chi connectivity index (χ4v) is 4.77. The van der Waals surface area contributed by atoms with Crippen LogP contribution in [0.15, 0.2) is 30.3 Å². The van der Waals surface area contributed by atoms with Crippen LogP contribution in [0.4, 0.5) is 0 Å². The summed E-state index contributed by atoms with van der Waals surface area (Å²) in [5.74, 6) is 0.455. The van der Waals surface area contributed by atoms with Crippen LogP contribution >= 0.6 is 11.6 Å². The largest absolute Gasteiger partial charge is 0.504 e. The molecule has 0 aromatic heterocycles. The van der Waals surface area contributed by atoms with E-state index in [4.69, 9.17) is 24.9 Å². The van der Waals surface area contributed by atoms with Crippen molar-refractivity contribution in [1.82, 2.24) is 0 Å². The van der Waals surface area contributed by atoms with Gasteiger partial charge in [0.15, 0.2) is 0 Å². The Balaban J connectivity index is 2.83. The van der Waals surface area contributed by atoms with E-state index in [2.05, 4.69) is 12.1 Å². The molecule has 0 saturated heterocycles. The molecule has 0 bridgehead atoms. The van der Waals surface area contributed by atoms with Gasteiger partial charge in [-0.1, -0.05) is 30.3 Å². The van der Waals surface area contributed by atoms with Crippen molar-refractivity contribution >= 4 is 20.4 Å². The summed E-state index contributed by atoms with van der Waals surface area (Å²) in [5.41, 5.74) is 1.27. The van der Waals surface area contributed by atoms with Crippen molar-refractivity contribution in [3.63, 3.8) is 0 Å². The highest BCUT2D eigenvalue weighted by molar-refractivity contribution is 6.63. The van der Waals surface area contributed by atoms with Crippen LogP contribution in [-0.4, -0.2) is 36.0 Å². The molecule has 0 aliphatic carbocycles. The first-order chi connectivity index (χ1) is 8.22. The molecule has 0 fully saturated rings. The summed E-state index contributed by atoms with van der Waals surface area (Å²) < 4.78 is 16.4. The van der Waals surface area contributed by atoms with Gasteiger partial charge in [0.2, 0.25) is 0 Å². The minimum atomic E-state index is -2.66. The lowest BCUT2D eigenvalue weighted by Gasteiger charge is -2.31. The van der Waals surface area contributed by atoms with E-state index >= 15 is 0 Å². The zero-order valence-corrected chi connectivity index (χ0v) is 12.2. The quantitative estimate of drug-likeness (QED) is 0.565. The maximum absolute atomic E-state index is 6.03. The smallest absolute Gasteiger partial charge is 0.377 e. The lowest BCUT2D eigenvalue weighted by atomic mass is 10.1. The summed E-state index contributed by atoms with van der Waals surface area (Å²) in [7, 11) is 2.18. The summed E-state index contributed by atoms with van der Waals surface area (Å²) in [6, 6.07) is 10.2. The third-order valence-electron chi connectivity index (χ3n) is 2.86. The molecule has 0 amide bonds. The number of rotatable bonds is 7. The van der Waals surface area contributed by atoms with Gasteiger partial charge in [0.1, 0.15) is 0 Å². The molecule has 0 spiro atoms. The summed E-state index contributed by atoms with van der Waals surface area (Å²) in [5, 5.41) is 0. The molecule has 1 atom stereocenters. The summed E-state index contributed by atoms with van der Waals surface area (Å²) >= 11 is 6.03. The molecule has 0 radical (unpaired) electrons. The summed E-state index contributed by atoms with van der Waals surface area (Å²) in [6.45, 7) is 0. The molecule has 0 heterocycles. The highest BCUT2D eigenvalue weighted by Gasteiger charge is 2.46. The predicted molar refractivity (Wildman–Crippen MR) is 71.4 cm³/mol. The fourth-order valence-electron chi connectivity index (χ4n) is 1.92. The van der Waals surface area contributed by atoms with Gasteiger partial charge in [-0.3, -0.25) is 0 Å².